The van der Waals surface area contributed by atoms with Crippen LogP contribution in [0.2, 0.25) is 10.0 Å². The normalized spacial score (nSPS) is 16.9. The summed E-state index contributed by atoms with van der Waals surface area (Å²) in [4.78, 5) is 43.8. The SMILES string of the molecule is COC(=O)CC1=NC(CCc2cc(C(C)C)ccc2OC)=C(C(=O)OC)C(c2c(Cl)cccc2Cl)C1C(=O)OC. The molecule has 0 aromatic heterocycles. The van der Waals surface area contributed by atoms with Gasteiger partial charge in [-0.2, -0.15) is 0 Å². The zero-order valence-electron chi connectivity index (χ0n) is 23.4. The van der Waals surface area contributed by atoms with E-state index in [0.717, 1.165) is 11.1 Å². The lowest BCUT2D eigenvalue weighted by molar-refractivity contribution is -0.143. The Morgan fingerprint density at radius 3 is 2.15 bits per heavy atom. The second kappa shape index (κ2) is 13.8. The number of esters is 3. The second-order valence-electron chi connectivity index (χ2n) is 9.55. The van der Waals surface area contributed by atoms with E-state index in [0.29, 0.717) is 29.3 Å². The molecule has 0 saturated heterocycles. The van der Waals surface area contributed by atoms with Crippen molar-refractivity contribution in [1.82, 2.24) is 0 Å². The van der Waals surface area contributed by atoms with Gasteiger partial charge in [-0.05, 0) is 53.6 Å². The fourth-order valence-electron chi connectivity index (χ4n) is 4.88. The van der Waals surface area contributed by atoms with Crippen LogP contribution in [0.5, 0.6) is 5.75 Å². The van der Waals surface area contributed by atoms with E-state index in [-0.39, 0.29) is 34.2 Å². The van der Waals surface area contributed by atoms with E-state index in [2.05, 4.69) is 19.9 Å². The van der Waals surface area contributed by atoms with E-state index < -0.39 is 29.7 Å². The van der Waals surface area contributed by atoms with E-state index in [1.165, 1.54) is 21.3 Å². The maximum atomic E-state index is 13.4. The number of aryl methyl sites for hydroxylation is 1. The van der Waals surface area contributed by atoms with Gasteiger partial charge in [-0.1, -0.05) is 55.2 Å². The average molecular weight is 591 g/mol. The van der Waals surface area contributed by atoms with Crippen molar-refractivity contribution in [2.75, 3.05) is 28.4 Å². The number of carbonyl (C=O) groups is 3. The molecule has 2 aromatic rings. The summed E-state index contributed by atoms with van der Waals surface area (Å²) in [7, 11) is 5.30. The molecule has 1 aliphatic rings. The number of nitrogens with zero attached hydrogens (tertiary/aromatic N) is 1. The number of allylic oxidation sites excluding steroid dienone is 1. The number of carbonyl (C=O) groups excluding carboxylic acids is 3. The van der Waals surface area contributed by atoms with Crippen molar-refractivity contribution >= 4 is 46.8 Å². The van der Waals surface area contributed by atoms with Gasteiger partial charge in [0.25, 0.3) is 0 Å². The molecule has 10 heteroatoms. The minimum atomic E-state index is -1.18. The highest BCUT2D eigenvalue weighted by atomic mass is 35.5. The highest BCUT2D eigenvalue weighted by molar-refractivity contribution is 6.36. The summed E-state index contributed by atoms with van der Waals surface area (Å²) < 4.78 is 20.8. The molecular weight excluding hydrogens is 557 g/mol. The number of hydrogen-bond acceptors (Lipinski definition) is 8. The number of ether oxygens (including phenoxy) is 4. The lowest BCUT2D eigenvalue weighted by atomic mass is 9.74. The molecule has 0 N–H and O–H groups in total. The number of hydrogen-bond donors (Lipinski definition) is 0. The maximum absolute atomic E-state index is 13.4. The van der Waals surface area contributed by atoms with Crippen LogP contribution in [0.15, 0.2) is 52.7 Å². The van der Waals surface area contributed by atoms with Crippen molar-refractivity contribution in [2.45, 2.75) is 44.9 Å². The van der Waals surface area contributed by atoms with Crippen molar-refractivity contribution in [3.63, 3.8) is 0 Å². The number of halogens is 2. The topological polar surface area (TPSA) is 100 Å². The molecule has 0 amide bonds. The van der Waals surface area contributed by atoms with Crippen LogP contribution >= 0.6 is 23.2 Å². The monoisotopic (exact) mass is 589 g/mol. The highest BCUT2D eigenvalue weighted by Gasteiger charge is 2.46. The lowest BCUT2D eigenvalue weighted by Crippen LogP contribution is -2.38. The third-order valence-corrected chi connectivity index (χ3v) is 7.58. The van der Waals surface area contributed by atoms with Crippen LogP contribution in [0.25, 0.3) is 0 Å². The van der Waals surface area contributed by atoms with Crippen LogP contribution in [-0.2, 0) is 35.0 Å². The molecule has 0 bridgehead atoms. The molecule has 0 fully saturated rings. The van der Waals surface area contributed by atoms with Gasteiger partial charge in [0.15, 0.2) is 0 Å². The summed E-state index contributed by atoms with van der Waals surface area (Å²) in [5.41, 5.74) is 2.99. The standard InChI is InChI=1S/C30H33Cl2NO7/c1-16(2)17-11-13-23(37-3)18(14-17)10-12-21-26(29(35)39-5)28(25-19(31)8-7-9-20(25)32)27(30(36)40-6)22(33-21)15-24(34)38-4/h7-9,11,13-14,16,27-28H,10,12,15H2,1-6H3. The third kappa shape index (κ3) is 6.67. The fourth-order valence-corrected chi connectivity index (χ4v) is 5.51. The molecular formula is C30H33Cl2NO7. The zero-order chi connectivity index (χ0) is 29.6. The molecule has 0 spiro atoms. The minimum absolute atomic E-state index is 0.112. The quantitative estimate of drug-likeness (QED) is 0.244. The molecule has 2 aromatic carbocycles. The van der Waals surface area contributed by atoms with Gasteiger partial charge in [0.1, 0.15) is 11.7 Å². The molecule has 0 radical (unpaired) electrons. The van der Waals surface area contributed by atoms with Crippen molar-refractivity contribution < 1.29 is 33.3 Å². The predicted molar refractivity (Wildman–Crippen MR) is 153 cm³/mol. The third-order valence-electron chi connectivity index (χ3n) is 6.92. The summed E-state index contributed by atoms with van der Waals surface area (Å²) in [6.45, 7) is 4.19. The highest BCUT2D eigenvalue weighted by Crippen LogP contribution is 2.46. The molecule has 1 aliphatic heterocycles. The number of methoxy groups -OCH3 is 4. The Morgan fingerprint density at radius 2 is 1.60 bits per heavy atom. The van der Waals surface area contributed by atoms with E-state index in [1.807, 2.05) is 12.1 Å². The molecule has 2 unspecified atom stereocenters. The van der Waals surface area contributed by atoms with Crippen LogP contribution in [-0.4, -0.2) is 52.1 Å². The van der Waals surface area contributed by atoms with E-state index in [1.54, 1.807) is 25.3 Å². The van der Waals surface area contributed by atoms with Crippen LogP contribution in [0.1, 0.15) is 55.2 Å². The largest absolute Gasteiger partial charge is 0.496 e. The Bertz CT molecular complexity index is 1330. The molecule has 2 atom stereocenters. The summed E-state index contributed by atoms with van der Waals surface area (Å²) in [5.74, 6) is -3.25. The van der Waals surface area contributed by atoms with Gasteiger partial charge in [-0.25, -0.2) is 4.79 Å². The van der Waals surface area contributed by atoms with Crippen molar-refractivity contribution in [3.05, 3.63) is 74.4 Å². The summed E-state index contributed by atoms with van der Waals surface area (Å²) >= 11 is 13.2. The molecule has 0 saturated carbocycles. The molecule has 3 rings (SSSR count). The van der Waals surface area contributed by atoms with Crippen LogP contribution in [0, 0.1) is 5.92 Å². The van der Waals surface area contributed by atoms with E-state index in [9.17, 15) is 14.4 Å². The average Bonchev–Trinajstić information content (AvgIpc) is 2.94. The predicted octanol–water partition coefficient (Wildman–Crippen LogP) is 6.08. The van der Waals surface area contributed by atoms with E-state index >= 15 is 0 Å². The molecule has 8 nitrogen and oxygen atoms in total. The maximum Gasteiger partial charge on any atom is 0.336 e. The Morgan fingerprint density at radius 1 is 0.925 bits per heavy atom. The first kappa shape index (κ1) is 31.2. The summed E-state index contributed by atoms with van der Waals surface area (Å²) in [6, 6.07) is 10.9. The van der Waals surface area contributed by atoms with Gasteiger partial charge in [0, 0.05) is 21.7 Å². The first-order chi connectivity index (χ1) is 19.1. The van der Waals surface area contributed by atoms with Crippen molar-refractivity contribution in [1.29, 1.82) is 0 Å². The number of benzene rings is 2. The fraction of sp³-hybridized carbons (Fsp3) is 0.400. The first-order valence-electron chi connectivity index (χ1n) is 12.7. The van der Waals surface area contributed by atoms with Crippen LogP contribution < -0.4 is 4.74 Å². The smallest absolute Gasteiger partial charge is 0.336 e. The minimum Gasteiger partial charge on any atom is -0.496 e. The van der Waals surface area contributed by atoms with Gasteiger partial charge < -0.3 is 18.9 Å². The summed E-state index contributed by atoms with van der Waals surface area (Å²) in [5, 5.41) is 0.468. The van der Waals surface area contributed by atoms with Crippen molar-refractivity contribution in [3.8, 4) is 5.75 Å². The van der Waals surface area contributed by atoms with Gasteiger partial charge in [-0.15, -0.1) is 0 Å². The van der Waals surface area contributed by atoms with Gasteiger partial charge in [0.2, 0.25) is 0 Å². The number of rotatable bonds is 10. The molecule has 40 heavy (non-hydrogen) atoms. The lowest BCUT2D eigenvalue weighted by Gasteiger charge is -2.33. The van der Waals surface area contributed by atoms with E-state index in [4.69, 9.17) is 47.1 Å². The zero-order valence-corrected chi connectivity index (χ0v) is 24.9. The van der Waals surface area contributed by atoms with Crippen molar-refractivity contribution in [2.24, 2.45) is 10.9 Å². The van der Waals surface area contributed by atoms with Crippen LogP contribution in [0.4, 0.5) is 0 Å². The molecule has 0 aliphatic carbocycles. The molecule has 214 valence electrons. The number of aliphatic imine (C=N–C) groups is 1. The Kier molecular flexibility index (Phi) is 10.8. The summed E-state index contributed by atoms with van der Waals surface area (Å²) in [6.07, 6.45) is 0.402. The van der Waals surface area contributed by atoms with Gasteiger partial charge in [-0.3, -0.25) is 14.6 Å². The Labute approximate surface area is 244 Å². The van der Waals surface area contributed by atoms with Crippen LogP contribution in [0.3, 0.4) is 0 Å². The molecule has 1 heterocycles. The second-order valence-corrected chi connectivity index (χ2v) is 10.4. The van der Waals surface area contributed by atoms with Gasteiger partial charge >= 0.3 is 17.9 Å². The van der Waals surface area contributed by atoms with Gasteiger partial charge in [0.05, 0.1) is 46.1 Å². The first-order valence-corrected chi connectivity index (χ1v) is 13.5. The Balaban J connectivity index is 2.28. The Hall–Kier alpha value is -3.36.